The molecule has 2 aliphatic rings. The number of thioether (sulfide) groups is 1. The lowest BCUT2D eigenvalue weighted by molar-refractivity contribution is -0.142. The molecule has 0 aromatic carbocycles. The van der Waals surface area contributed by atoms with Crippen LogP contribution in [0.2, 0.25) is 0 Å². The van der Waals surface area contributed by atoms with Gasteiger partial charge in [-0.2, -0.15) is 11.8 Å². The second kappa shape index (κ2) is 6.70. The van der Waals surface area contributed by atoms with Gasteiger partial charge in [0.15, 0.2) is 0 Å². The number of carboxylic acids is 1. The Balaban J connectivity index is 1.66. The zero-order valence-electron chi connectivity index (χ0n) is 12.0. The number of rotatable bonds is 4. The van der Waals surface area contributed by atoms with Crippen molar-refractivity contribution in [3.8, 4) is 0 Å². The average Bonchev–Trinajstić information content (AvgIpc) is 2.85. The molecule has 0 radical (unpaired) electrons. The summed E-state index contributed by atoms with van der Waals surface area (Å²) in [5.74, 6) is 0.239. The standard InChI is InChI=1S/C14H24N2O3S/c1-14(7-2-8-20-14)9-15-13(19)16-11-5-3-10(4-6-11)12(17)18/h10-11H,2-9H2,1H3,(H,17,18)(H2,15,16,19). The quantitative estimate of drug-likeness (QED) is 0.744. The second-order valence-electron chi connectivity index (χ2n) is 6.12. The van der Waals surface area contributed by atoms with Gasteiger partial charge in [0.25, 0.3) is 0 Å². The van der Waals surface area contributed by atoms with Crippen LogP contribution in [0.25, 0.3) is 0 Å². The molecule has 2 rings (SSSR count). The van der Waals surface area contributed by atoms with E-state index in [9.17, 15) is 9.59 Å². The summed E-state index contributed by atoms with van der Waals surface area (Å²) < 4.78 is 0.179. The molecule has 114 valence electrons. The van der Waals surface area contributed by atoms with E-state index in [0.29, 0.717) is 19.4 Å². The molecular formula is C14H24N2O3S. The van der Waals surface area contributed by atoms with Crippen molar-refractivity contribution in [2.75, 3.05) is 12.3 Å². The zero-order valence-corrected chi connectivity index (χ0v) is 12.8. The van der Waals surface area contributed by atoms with Gasteiger partial charge < -0.3 is 15.7 Å². The molecule has 6 heteroatoms. The number of urea groups is 1. The van der Waals surface area contributed by atoms with Crippen LogP contribution < -0.4 is 10.6 Å². The summed E-state index contributed by atoms with van der Waals surface area (Å²) in [7, 11) is 0. The Labute approximate surface area is 124 Å². The van der Waals surface area contributed by atoms with Crippen molar-refractivity contribution in [1.82, 2.24) is 10.6 Å². The minimum atomic E-state index is -0.709. The molecule has 3 N–H and O–H groups in total. The number of hydrogen-bond acceptors (Lipinski definition) is 3. The van der Waals surface area contributed by atoms with E-state index in [1.165, 1.54) is 12.2 Å². The molecule has 0 aromatic heterocycles. The summed E-state index contributed by atoms with van der Waals surface area (Å²) in [5.41, 5.74) is 0. The lowest BCUT2D eigenvalue weighted by Crippen LogP contribution is -2.47. The molecule has 0 spiro atoms. The maximum Gasteiger partial charge on any atom is 0.315 e. The van der Waals surface area contributed by atoms with Gasteiger partial charge in [0.1, 0.15) is 0 Å². The number of aliphatic carboxylic acids is 1. The number of nitrogens with one attached hydrogen (secondary N) is 2. The van der Waals surface area contributed by atoms with E-state index in [4.69, 9.17) is 5.11 Å². The molecule has 20 heavy (non-hydrogen) atoms. The Bertz CT molecular complexity index is 361. The molecule has 2 fully saturated rings. The zero-order chi connectivity index (χ0) is 14.6. The van der Waals surface area contributed by atoms with Crippen LogP contribution in [0.4, 0.5) is 4.79 Å². The Morgan fingerprint density at radius 2 is 2.00 bits per heavy atom. The molecule has 1 unspecified atom stereocenters. The Morgan fingerprint density at radius 1 is 1.30 bits per heavy atom. The van der Waals surface area contributed by atoms with Crippen molar-refractivity contribution in [3.05, 3.63) is 0 Å². The summed E-state index contributed by atoms with van der Waals surface area (Å²) in [5, 5.41) is 14.9. The van der Waals surface area contributed by atoms with Crippen molar-refractivity contribution in [2.24, 2.45) is 5.92 Å². The highest BCUT2D eigenvalue weighted by molar-refractivity contribution is 8.00. The van der Waals surface area contributed by atoms with E-state index >= 15 is 0 Å². The van der Waals surface area contributed by atoms with Gasteiger partial charge in [0.2, 0.25) is 0 Å². The molecular weight excluding hydrogens is 276 g/mol. The van der Waals surface area contributed by atoms with E-state index in [1.54, 1.807) is 0 Å². The molecule has 0 aromatic rings. The maximum absolute atomic E-state index is 11.9. The summed E-state index contributed by atoms with van der Waals surface area (Å²) in [6.07, 6.45) is 5.22. The minimum Gasteiger partial charge on any atom is -0.481 e. The molecule has 1 aliphatic carbocycles. The van der Waals surface area contributed by atoms with Gasteiger partial charge in [-0.25, -0.2) is 4.79 Å². The van der Waals surface area contributed by atoms with E-state index in [2.05, 4.69) is 17.6 Å². The fourth-order valence-corrected chi connectivity index (χ4v) is 4.21. The topological polar surface area (TPSA) is 78.4 Å². The number of hydrogen-bond donors (Lipinski definition) is 3. The van der Waals surface area contributed by atoms with Crippen LogP contribution in [0.5, 0.6) is 0 Å². The predicted octanol–water partition coefficient (Wildman–Crippen LogP) is 2.21. The maximum atomic E-state index is 11.9. The lowest BCUT2D eigenvalue weighted by atomic mass is 9.86. The highest BCUT2D eigenvalue weighted by atomic mass is 32.2. The highest BCUT2D eigenvalue weighted by Crippen LogP contribution is 2.36. The van der Waals surface area contributed by atoms with Gasteiger partial charge in [-0.15, -0.1) is 0 Å². The number of carbonyl (C=O) groups excluding carboxylic acids is 1. The number of carboxylic acid groups (broad SMARTS) is 1. The predicted molar refractivity (Wildman–Crippen MR) is 80.0 cm³/mol. The first-order valence-corrected chi connectivity index (χ1v) is 8.38. The van der Waals surface area contributed by atoms with Crippen molar-refractivity contribution in [3.63, 3.8) is 0 Å². The molecule has 1 saturated heterocycles. The third kappa shape index (κ3) is 4.30. The van der Waals surface area contributed by atoms with Crippen molar-refractivity contribution >= 4 is 23.8 Å². The molecule has 0 bridgehead atoms. The molecule has 1 atom stereocenters. The minimum absolute atomic E-state index is 0.113. The average molecular weight is 300 g/mol. The first kappa shape index (κ1) is 15.5. The summed E-state index contributed by atoms with van der Waals surface area (Å²) in [6, 6.07) is 0.00661. The van der Waals surface area contributed by atoms with Crippen LogP contribution >= 0.6 is 11.8 Å². The normalized spacial score (nSPS) is 33.6. The number of amides is 2. The molecule has 1 heterocycles. The summed E-state index contributed by atoms with van der Waals surface area (Å²) in [6.45, 7) is 2.90. The fourth-order valence-electron chi connectivity index (χ4n) is 2.96. The molecule has 1 aliphatic heterocycles. The Kier molecular flexibility index (Phi) is 5.18. The first-order valence-electron chi connectivity index (χ1n) is 7.40. The van der Waals surface area contributed by atoms with Crippen LogP contribution in [-0.2, 0) is 4.79 Å². The van der Waals surface area contributed by atoms with Crippen LogP contribution in [0.15, 0.2) is 0 Å². The number of carbonyl (C=O) groups is 2. The second-order valence-corrected chi connectivity index (χ2v) is 7.80. The highest BCUT2D eigenvalue weighted by Gasteiger charge is 2.30. The van der Waals surface area contributed by atoms with E-state index in [-0.39, 0.29) is 22.7 Å². The van der Waals surface area contributed by atoms with Gasteiger partial charge in [-0.1, -0.05) is 0 Å². The van der Waals surface area contributed by atoms with Crippen LogP contribution in [-0.4, -0.2) is 40.2 Å². The first-order chi connectivity index (χ1) is 9.48. The SMILES string of the molecule is CC1(CNC(=O)NC2CCC(C(=O)O)CC2)CCCS1. The summed E-state index contributed by atoms with van der Waals surface area (Å²) in [4.78, 5) is 22.7. The molecule has 2 amide bonds. The van der Waals surface area contributed by atoms with Crippen molar-refractivity contribution < 1.29 is 14.7 Å². The fraction of sp³-hybridized carbons (Fsp3) is 0.857. The van der Waals surface area contributed by atoms with E-state index in [0.717, 1.165) is 19.3 Å². The van der Waals surface area contributed by atoms with Gasteiger partial charge in [0.05, 0.1) is 5.92 Å². The van der Waals surface area contributed by atoms with E-state index < -0.39 is 5.97 Å². The monoisotopic (exact) mass is 300 g/mol. The summed E-state index contributed by atoms with van der Waals surface area (Å²) >= 11 is 1.93. The van der Waals surface area contributed by atoms with Gasteiger partial charge in [0, 0.05) is 17.3 Å². The van der Waals surface area contributed by atoms with Crippen LogP contribution in [0, 0.1) is 5.92 Å². The van der Waals surface area contributed by atoms with Gasteiger partial charge in [-0.05, 0) is 51.2 Å². The third-order valence-corrected chi connectivity index (χ3v) is 5.87. The Morgan fingerprint density at radius 3 is 2.55 bits per heavy atom. The third-order valence-electron chi connectivity index (χ3n) is 4.34. The Hall–Kier alpha value is -0.910. The van der Waals surface area contributed by atoms with Crippen LogP contribution in [0.3, 0.4) is 0 Å². The molecule has 5 nitrogen and oxygen atoms in total. The van der Waals surface area contributed by atoms with Crippen molar-refractivity contribution in [2.45, 2.75) is 56.2 Å². The smallest absolute Gasteiger partial charge is 0.315 e. The van der Waals surface area contributed by atoms with E-state index in [1.807, 2.05) is 11.8 Å². The van der Waals surface area contributed by atoms with Gasteiger partial charge in [-0.3, -0.25) is 4.79 Å². The van der Waals surface area contributed by atoms with Gasteiger partial charge >= 0.3 is 12.0 Å². The lowest BCUT2D eigenvalue weighted by Gasteiger charge is -2.28. The largest absolute Gasteiger partial charge is 0.481 e. The van der Waals surface area contributed by atoms with Crippen LogP contribution in [0.1, 0.15) is 45.4 Å². The molecule has 1 saturated carbocycles. The van der Waals surface area contributed by atoms with Crippen molar-refractivity contribution in [1.29, 1.82) is 0 Å².